The third kappa shape index (κ3) is 4.62. The van der Waals surface area contributed by atoms with Gasteiger partial charge >= 0.3 is 0 Å². The van der Waals surface area contributed by atoms with Crippen LogP contribution in [0.1, 0.15) is 30.0 Å². The summed E-state index contributed by atoms with van der Waals surface area (Å²) >= 11 is 0. The molecule has 2 aromatic rings. The van der Waals surface area contributed by atoms with Crippen LogP contribution in [0.2, 0.25) is 0 Å². The van der Waals surface area contributed by atoms with E-state index >= 15 is 0 Å². The molecule has 28 heavy (non-hydrogen) atoms. The predicted molar refractivity (Wildman–Crippen MR) is 104 cm³/mol. The Bertz CT molecular complexity index is 781. The molecule has 0 saturated carbocycles. The minimum absolute atomic E-state index is 0.0317. The number of rotatable bonds is 8. The fourth-order valence-corrected chi connectivity index (χ4v) is 3.87. The molecule has 2 unspecified atom stereocenters. The molecule has 2 aromatic carbocycles. The first kappa shape index (κ1) is 20.1. The third-order valence-corrected chi connectivity index (χ3v) is 5.31. The summed E-state index contributed by atoms with van der Waals surface area (Å²) in [7, 11) is 3.25. The molecular formula is C22H26FNO4. The van der Waals surface area contributed by atoms with Gasteiger partial charge in [0.25, 0.3) is 6.47 Å². The van der Waals surface area contributed by atoms with Gasteiger partial charge in [0, 0.05) is 31.1 Å². The zero-order valence-corrected chi connectivity index (χ0v) is 16.3. The van der Waals surface area contributed by atoms with E-state index in [1.807, 2.05) is 30.3 Å². The number of carbonyl (C=O) groups excluding carboxylic acids is 1. The zero-order valence-electron chi connectivity index (χ0n) is 16.3. The first-order chi connectivity index (χ1) is 13.7. The van der Waals surface area contributed by atoms with Crippen molar-refractivity contribution in [2.24, 2.45) is 0 Å². The number of hydrogen-bond acceptors (Lipinski definition) is 5. The summed E-state index contributed by atoms with van der Waals surface area (Å²) in [4.78, 5) is 13.2. The van der Waals surface area contributed by atoms with Crippen LogP contribution in [-0.2, 0) is 16.0 Å². The molecule has 0 spiro atoms. The number of nitrogens with zero attached hydrogens (tertiary/aromatic N) is 1. The van der Waals surface area contributed by atoms with Crippen molar-refractivity contribution in [1.82, 2.24) is 4.90 Å². The summed E-state index contributed by atoms with van der Waals surface area (Å²) < 4.78 is 29.5. The Labute approximate surface area is 165 Å². The Kier molecular flexibility index (Phi) is 6.87. The van der Waals surface area contributed by atoms with E-state index < -0.39 is 0 Å². The molecule has 5 nitrogen and oxygen atoms in total. The number of likely N-dealkylation sites (tertiary alicyclic amines) is 1. The summed E-state index contributed by atoms with van der Waals surface area (Å²) in [5.74, 6) is 1.15. The topological polar surface area (TPSA) is 48.0 Å². The van der Waals surface area contributed by atoms with Gasteiger partial charge in [0.2, 0.25) is 0 Å². The van der Waals surface area contributed by atoms with E-state index in [1.165, 1.54) is 12.1 Å². The van der Waals surface area contributed by atoms with Crippen molar-refractivity contribution in [3.63, 3.8) is 0 Å². The number of para-hydroxylation sites is 1. The molecule has 150 valence electrons. The molecule has 3 rings (SSSR count). The van der Waals surface area contributed by atoms with Crippen molar-refractivity contribution in [2.45, 2.75) is 31.4 Å². The van der Waals surface area contributed by atoms with Crippen LogP contribution in [0.4, 0.5) is 4.39 Å². The SMILES string of the molecule is COc1cccc(C2CC(OC=O)CCN2CCc2ccc(F)cc2)c1OC. The highest BCUT2D eigenvalue weighted by molar-refractivity contribution is 5.48. The summed E-state index contributed by atoms with van der Waals surface area (Å²) in [6.45, 7) is 2.13. The van der Waals surface area contributed by atoms with Crippen molar-refractivity contribution in [1.29, 1.82) is 0 Å². The lowest BCUT2D eigenvalue weighted by Crippen LogP contribution is -2.40. The van der Waals surface area contributed by atoms with Crippen LogP contribution in [0.3, 0.4) is 0 Å². The Morgan fingerprint density at radius 1 is 1.14 bits per heavy atom. The van der Waals surface area contributed by atoms with Gasteiger partial charge < -0.3 is 14.2 Å². The monoisotopic (exact) mass is 387 g/mol. The molecule has 0 bridgehead atoms. The van der Waals surface area contributed by atoms with Gasteiger partial charge in [-0.2, -0.15) is 0 Å². The van der Waals surface area contributed by atoms with E-state index in [-0.39, 0.29) is 18.0 Å². The van der Waals surface area contributed by atoms with Crippen molar-refractivity contribution < 1.29 is 23.4 Å². The van der Waals surface area contributed by atoms with E-state index in [1.54, 1.807) is 14.2 Å². The summed E-state index contributed by atoms with van der Waals surface area (Å²) in [5, 5.41) is 0. The number of benzene rings is 2. The Hall–Kier alpha value is -2.60. The minimum atomic E-state index is -0.227. The number of piperidine rings is 1. The average molecular weight is 387 g/mol. The predicted octanol–water partition coefficient (Wildman–Crippen LogP) is 3.76. The molecule has 0 N–H and O–H groups in total. The molecule has 1 heterocycles. The van der Waals surface area contributed by atoms with Crippen LogP contribution in [-0.4, -0.2) is 44.8 Å². The summed E-state index contributed by atoms with van der Waals surface area (Å²) in [6.07, 6.45) is 2.15. The maximum absolute atomic E-state index is 13.2. The Balaban J connectivity index is 1.83. The van der Waals surface area contributed by atoms with Crippen LogP contribution >= 0.6 is 0 Å². The molecule has 0 aromatic heterocycles. The highest BCUT2D eigenvalue weighted by Crippen LogP contribution is 2.41. The molecule has 1 saturated heterocycles. The number of methoxy groups -OCH3 is 2. The first-order valence-corrected chi connectivity index (χ1v) is 9.44. The lowest BCUT2D eigenvalue weighted by atomic mass is 9.92. The molecule has 0 amide bonds. The van der Waals surface area contributed by atoms with Crippen molar-refractivity contribution >= 4 is 6.47 Å². The van der Waals surface area contributed by atoms with E-state index in [9.17, 15) is 9.18 Å². The minimum Gasteiger partial charge on any atom is -0.493 e. The second kappa shape index (κ2) is 9.55. The summed E-state index contributed by atoms with van der Waals surface area (Å²) in [5.41, 5.74) is 2.10. The van der Waals surface area contributed by atoms with E-state index in [0.29, 0.717) is 24.4 Å². The maximum Gasteiger partial charge on any atom is 0.293 e. The van der Waals surface area contributed by atoms with E-state index in [2.05, 4.69) is 4.90 Å². The van der Waals surface area contributed by atoms with Crippen LogP contribution in [0.25, 0.3) is 0 Å². The van der Waals surface area contributed by atoms with Crippen LogP contribution < -0.4 is 9.47 Å². The van der Waals surface area contributed by atoms with Gasteiger partial charge in [-0.05, 0) is 36.6 Å². The van der Waals surface area contributed by atoms with Gasteiger partial charge in [-0.3, -0.25) is 9.69 Å². The highest BCUT2D eigenvalue weighted by Gasteiger charge is 2.32. The smallest absolute Gasteiger partial charge is 0.293 e. The molecule has 0 aliphatic carbocycles. The molecule has 2 atom stereocenters. The van der Waals surface area contributed by atoms with Crippen molar-refractivity contribution in [2.75, 3.05) is 27.3 Å². The number of hydrogen-bond donors (Lipinski definition) is 0. The molecule has 0 radical (unpaired) electrons. The zero-order chi connectivity index (χ0) is 19.9. The lowest BCUT2D eigenvalue weighted by Gasteiger charge is -2.39. The van der Waals surface area contributed by atoms with Crippen molar-refractivity contribution in [3.05, 3.63) is 59.4 Å². The van der Waals surface area contributed by atoms with E-state index in [0.717, 1.165) is 37.1 Å². The standard InChI is InChI=1S/C22H26FNO4/c1-26-21-5-3-4-19(22(21)27-2)20-14-18(28-15-25)11-13-24(20)12-10-16-6-8-17(23)9-7-16/h3-9,15,18,20H,10-14H2,1-2H3. The number of halogens is 1. The van der Waals surface area contributed by atoms with Gasteiger partial charge in [-0.25, -0.2) is 4.39 Å². The maximum atomic E-state index is 13.2. The highest BCUT2D eigenvalue weighted by atomic mass is 19.1. The van der Waals surface area contributed by atoms with Crippen LogP contribution in [0, 0.1) is 5.82 Å². The largest absolute Gasteiger partial charge is 0.493 e. The second-order valence-corrected chi connectivity index (χ2v) is 6.89. The Morgan fingerprint density at radius 3 is 2.61 bits per heavy atom. The summed E-state index contributed by atoms with van der Waals surface area (Å²) in [6, 6.07) is 12.5. The quantitative estimate of drug-likeness (QED) is 0.646. The molecule has 6 heteroatoms. The van der Waals surface area contributed by atoms with Crippen LogP contribution in [0.15, 0.2) is 42.5 Å². The second-order valence-electron chi connectivity index (χ2n) is 6.89. The van der Waals surface area contributed by atoms with Gasteiger partial charge in [0.15, 0.2) is 11.5 Å². The fraction of sp³-hybridized carbons (Fsp3) is 0.409. The van der Waals surface area contributed by atoms with Gasteiger partial charge in [-0.1, -0.05) is 24.3 Å². The number of ether oxygens (including phenoxy) is 3. The number of carbonyl (C=O) groups is 1. The van der Waals surface area contributed by atoms with Gasteiger partial charge in [-0.15, -0.1) is 0 Å². The average Bonchev–Trinajstić information content (AvgIpc) is 2.73. The van der Waals surface area contributed by atoms with Gasteiger partial charge in [0.05, 0.1) is 14.2 Å². The first-order valence-electron chi connectivity index (χ1n) is 9.44. The fourth-order valence-electron chi connectivity index (χ4n) is 3.87. The normalized spacial score (nSPS) is 19.8. The molecular weight excluding hydrogens is 361 g/mol. The van der Waals surface area contributed by atoms with E-state index in [4.69, 9.17) is 14.2 Å². The third-order valence-electron chi connectivity index (χ3n) is 5.31. The molecule has 1 aliphatic rings. The Morgan fingerprint density at radius 2 is 1.93 bits per heavy atom. The lowest BCUT2D eigenvalue weighted by molar-refractivity contribution is -0.136. The molecule has 1 aliphatic heterocycles. The van der Waals surface area contributed by atoms with Gasteiger partial charge in [0.1, 0.15) is 11.9 Å². The van der Waals surface area contributed by atoms with Crippen molar-refractivity contribution in [3.8, 4) is 11.5 Å². The molecule has 1 fully saturated rings. The van der Waals surface area contributed by atoms with Crippen LogP contribution in [0.5, 0.6) is 11.5 Å².